The van der Waals surface area contributed by atoms with Crippen LogP contribution in [0.4, 0.5) is 16.2 Å². The quantitative estimate of drug-likeness (QED) is 0.805. The molecule has 0 radical (unpaired) electrons. The number of carbonyl (C=O) groups is 2. The Bertz CT molecular complexity index is 740. The van der Waals surface area contributed by atoms with Gasteiger partial charge in [0.25, 0.3) is 0 Å². The molecule has 1 aliphatic heterocycles. The molecule has 0 atom stereocenters. The summed E-state index contributed by atoms with van der Waals surface area (Å²) in [6.45, 7) is 1.23. The van der Waals surface area contributed by atoms with Gasteiger partial charge < -0.3 is 10.6 Å². The molecule has 8 heteroatoms. The fourth-order valence-electron chi connectivity index (χ4n) is 3.32. The Morgan fingerprint density at radius 3 is 2.48 bits per heavy atom. The fraction of sp³-hybridized carbons (Fsp3) is 0.529. The number of rotatable bonds is 6. The third-order valence-electron chi connectivity index (χ3n) is 4.74. The van der Waals surface area contributed by atoms with Crippen LogP contribution in [0.1, 0.15) is 32.1 Å². The van der Waals surface area contributed by atoms with Crippen LogP contribution in [-0.4, -0.2) is 44.4 Å². The number of anilines is 2. The van der Waals surface area contributed by atoms with Crippen LogP contribution in [0.3, 0.4) is 0 Å². The average molecular weight is 365 g/mol. The molecule has 1 heterocycles. The zero-order valence-electron chi connectivity index (χ0n) is 14.0. The summed E-state index contributed by atoms with van der Waals surface area (Å²) < 4.78 is 24.4. The fourth-order valence-corrected chi connectivity index (χ4v) is 5.17. The van der Waals surface area contributed by atoms with Gasteiger partial charge in [-0.1, -0.05) is 12.8 Å². The summed E-state index contributed by atoms with van der Waals surface area (Å²) in [7, 11) is -3.18. The van der Waals surface area contributed by atoms with E-state index in [1.54, 1.807) is 29.2 Å². The van der Waals surface area contributed by atoms with Crippen LogP contribution in [0.25, 0.3) is 0 Å². The van der Waals surface area contributed by atoms with Gasteiger partial charge in [-0.25, -0.2) is 13.2 Å². The smallest absolute Gasteiger partial charge is 0.321 e. The predicted octanol–water partition coefficient (Wildman–Crippen LogP) is 1.90. The molecule has 3 amide bonds. The normalized spacial score (nSPS) is 18.4. The van der Waals surface area contributed by atoms with E-state index < -0.39 is 9.84 Å². The summed E-state index contributed by atoms with van der Waals surface area (Å²) in [5.74, 6) is -0.413. The highest BCUT2D eigenvalue weighted by molar-refractivity contribution is 7.92. The number of urea groups is 1. The van der Waals surface area contributed by atoms with Crippen LogP contribution in [0.2, 0.25) is 0 Å². The van der Waals surface area contributed by atoms with Crippen LogP contribution in [0, 0.1) is 0 Å². The van der Waals surface area contributed by atoms with Crippen molar-refractivity contribution in [3.63, 3.8) is 0 Å². The SMILES string of the molecule is O=C(CCS(=O)(=O)C1CCCC1)Nc1ccc(N2CCNC2=O)cc1. The summed E-state index contributed by atoms with van der Waals surface area (Å²) in [6.07, 6.45) is 3.31. The van der Waals surface area contributed by atoms with Crippen LogP contribution in [0.15, 0.2) is 24.3 Å². The first kappa shape index (κ1) is 17.7. The second-order valence-corrected chi connectivity index (χ2v) is 8.90. The van der Waals surface area contributed by atoms with E-state index >= 15 is 0 Å². The number of carbonyl (C=O) groups excluding carboxylic acids is 2. The molecular weight excluding hydrogens is 342 g/mol. The number of nitrogens with one attached hydrogen (secondary N) is 2. The summed E-state index contributed by atoms with van der Waals surface area (Å²) in [6, 6.07) is 6.81. The largest absolute Gasteiger partial charge is 0.336 e. The molecule has 2 fully saturated rings. The molecule has 0 unspecified atom stereocenters. The van der Waals surface area contributed by atoms with Gasteiger partial charge >= 0.3 is 6.03 Å². The van der Waals surface area contributed by atoms with Crippen molar-refractivity contribution in [2.24, 2.45) is 0 Å². The van der Waals surface area contributed by atoms with Crippen molar-refractivity contribution < 1.29 is 18.0 Å². The average Bonchev–Trinajstić information content (AvgIpc) is 3.26. The number of hydrogen-bond donors (Lipinski definition) is 2. The van der Waals surface area contributed by atoms with Crippen molar-refractivity contribution in [2.75, 3.05) is 29.1 Å². The zero-order valence-corrected chi connectivity index (χ0v) is 14.8. The summed E-state index contributed by atoms with van der Waals surface area (Å²) in [4.78, 5) is 25.3. The Morgan fingerprint density at radius 1 is 1.20 bits per heavy atom. The lowest BCUT2D eigenvalue weighted by Crippen LogP contribution is -2.27. The molecule has 7 nitrogen and oxygen atoms in total. The van der Waals surface area contributed by atoms with E-state index in [1.165, 1.54) is 0 Å². The van der Waals surface area contributed by atoms with Gasteiger partial charge in [-0.15, -0.1) is 0 Å². The second-order valence-electron chi connectivity index (χ2n) is 6.50. The van der Waals surface area contributed by atoms with Crippen LogP contribution >= 0.6 is 0 Å². The molecule has 2 aliphatic rings. The van der Waals surface area contributed by atoms with Gasteiger partial charge in [0.1, 0.15) is 0 Å². The first-order valence-corrected chi connectivity index (χ1v) is 10.3. The van der Waals surface area contributed by atoms with Gasteiger partial charge in [0.05, 0.1) is 11.0 Å². The Balaban J connectivity index is 1.51. The maximum Gasteiger partial charge on any atom is 0.321 e. The van der Waals surface area contributed by atoms with Crippen molar-refractivity contribution in [1.82, 2.24) is 5.32 Å². The molecule has 25 heavy (non-hydrogen) atoms. The summed E-state index contributed by atoms with van der Waals surface area (Å²) in [5, 5.41) is 5.17. The van der Waals surface area contributed by atoms with E-state index in [-0.39, 0.29) is 29.4 Å². The third kappa shape index (κ3) is 4.31. The zero-order chi connectivity index (χ0) is 17.9. The maximum absolute atomic E-state index is 12.2. The molecule has 3 rings (SSSR count). The molecule has 1 aromatic rings. The highest BCUT2D eigenvalue weighted by Crippen LogP contribution is 2.25. The minimum Gasteiger partial charge on any atom is -0.336 e. The molecule has 1 saturated carbocycles. The predicted molar refractivity (Wildman–Crippen MR) is 96.5 cm³/mol. The van der Waals surface area contributed by atoms with E-state index in [0.717, 1.165) is 31.4 Å². The highest BCUT2D eigenvalue weighted by Gasteiger charge is 2.28. The topological polar surface area (TPSA) is 95.6 Å². The standard InChI is InChI=1S/C17H23N3O4S/c21-16(9-12-25(23,24)15-3-1-2-4-15)19-13-5-7-14(8-6-13)20-11-10-18-17(20)22/h5-8,15H,1-4,9-12H2,(H,18,22)(H,19,21). The van der Waals surface area contributed by atoms with Crippen LogP contribution < -0.4 is 15.5 Å². The van der Waals surface area contributed by atoms with Crippen molar-refractivity contribution in [2.45, 2.75) is 37.4 Å². The molecule has 0 aromatic heterocycles. The maximum atomic E-state index is 12.2. The molecular formula is C17H23N3O4S. The monoisotopic (exact) mass is 365 g/mol. The minimum atomic E-state index is -3.18. The number of nitrogens with zero attached hydrogens (tertiary/aromatic N) is 1. The lowest BCUT2D eigenvalue weighted by Gasteiger charge is -2.15. The van der Waals surface area contributed by atoms with Crippen LogP contribution in [0.5, 0.6) is 0 Å². The molecule has 0 bridgehead atoms. The van der Waals surface area contributed by atoms with Crippen molar-refractivity contribution in [3.8, 4) is 0 Å². The van der Waals surface area contributed by atoms with E-state index in [1.807, 2.05) is 0 Å². The molecule has 1 aromatic carbocycles. The van der Waals surface area contributed by atoms with Gasteiger partial charge in [0.2, 0.25) is 5.91 Å². The molecule has 0 spiro atoms. The van der Waals surface area contributed by atoms with E-state index in [9.17, 15) is 18.0 Å². The minimum absolute atomic E-state index is 0.0326. The van der Waals surface area contributed by atoms with Gasteiger partial charge in [-0.05, 0) is 37.1 Å². The first-order chi connectivity index (χ1) is 12.0. The van der Waals surface area contributed by atoms with E-state index in [0.29, 0.717) is 18.8 Å². The van der Waals surface area contributed by atoms with E-state index in [2.05, 4.69) is 10.6 Å². The van der Waals surface area contributed by atoms with E-state index in [4.69, 9.17) is 0 Å². The van der Waals surface area contributed by atoms with Gasteiger partial charge in [0, 0.05) is 30.9 Å². The molecule has 2 N–H and O–H groups in total. The Kier molecular flexibility index (Phi) is 5.27. The number of benzene rings is 1. The Hall–Kier alpha value is -2.09. The first-order valence-electron chi connectivity index (χ1n) is 8.62. The van der Waals surface area contributed by atoms with Gasteiger partial charge in [-0.3, -0.25) is 9.69 Å². The van der Waals surface area contributed by atoms with Gasteiger partial charge in [-0.2, -0.15) is 0 Å². The number of amides is 3. The van der Waals surface area contributed by atoms with Crippen molar-refractivity contribution >= 4 is 33.2 Å². The number of hydrogen-bond acceptors (Lipinski definition) is 4. The van der Waals surface area contributed by atoms with Gasteiger partial charge in [0.15, 0.2) is 9.84 Å². The summed E-state index contributed by atoms with van der Waals surface area (Å²) in [5.41, 5.74) is 1.35. The summed E-state index contributed by atoms with van der Waals surface area (Å²) >= 11 is 0. The third-order valence-corrected chi connectivity index (χ3v) is 7.00. The van der Waals surface area contributed by atoms with Crippen molar-refractivity contribution in [3.05, 3.63) is 24.3 Å². The Morgan fingerprint density at radius 2 is 1.88 bits per heavy atom. The number of sulfone groups is 1. The Labute approximate surface area is 147 Å². The lowest BCUT2D eigenvalue weighted by molar-refractivity contribution is -0.115. The van der Waals surface area contributed by atoms with Crippen molar-refractivity contribution in [1.29, 1.82) is 0 Å². The highest BCUT2D eigenvalue weighted by atomic mass is 32.2. The molecule has 1 saturated heterocycles. The lowest BCUT2D eigenvalue weighted by atomic mass is 10.2. The molecule has 1 aliphatic carbocycles. The molecule has 136 valence electrons. The second kappa shape index (κ2) is 7.43. The van der Waals surface area contributed by atoms with Crippen LogP contribution in [-0.2, 0) is 14.6 Å².